The summed E-state index contributed by atoms with van der Waals surface area (Å²) in [5, 5.41) is 0. The second-order valence-corrected chi connectivity index (χ2v) is 4.02. The van der Waals surface area contributed by atoms with Gasteiger partial charge in [0, 0.05) is 16.8 Å². The standard InChI is InChI=1S/C11H17N/c1-8-6-7-11(4,5)10(3)12-9(8)2/h6-7H,1-5H3. The summed E-state index contributed by atoms with van der Waals surface area (Å²) in [4.78, 5) is 4.54. The number of aliphatic imine (C=N–C) groups is 1. The molecule has 66 valence electrons. The molecule has 0 aromatic carbocycles. The molecule has 0 spiro atoms. The maximum atomic E-state index is 4.54. The van der Waals surface area contributed by atoms with Gasteiger partial charge in [0.05, 0.1) is 0 Å². The SMILES string of the molecule is CC1=NC(C)=C(C)C=CC1(C)C. The van der Waals surface area contributed by atoms with Crippen LogP contribution in [-0.2, 0) is 0 Å². The summed E-state index contributed by atoms with van der Waals surface area (Å²) < 4.78 is 0. The summed E-state index contributed by atoms with van der Waals surface area (Å²) in [6.07, 6.45) is 4.38. The molecule has 1 aliphatic rings. The summed E-state index contributed by atoms with van der Waals surface area (Å²) in [5.41, 5.74) is 3.70. The lowest BCUT2D eigenvalue weighted by Gasteiger charge is -2.18. The predicted molar refractivity (Wildman–Crippen MR) is 54.4 cm³/mol. The van der Waals surface area contributed by atoms with E-state index in [2.05, 4.69) is 51.8 Å². The molecule has 0 N–H and O–H groups in total. The van der Waals surface area contributed by atoms with Crippen molar-refractivity contribution in [1.82, 2.24) is 0 Å². The molecule has 0 saturated heterocycles. The molecule has 1 rings (SSSR count). The average Bonchev–Trinajstić information content (AvgIpc) is 2.05. The Labute approximate surface area is 74.9 Å². The molecule has 1 nitrogen and oxygen atoms in total. The molecule has 0 atom stereocenters. The molecule has 0 fully saturated rings. The second-order valence-electron chi connectivity index (χ2n) is 4.02. The fourth-order valence-electron chi connectivity index (χ4n) is 1.06. The van der Waals surface area contributed by atoms with Crippen LogP contribution in [0.5, 0.6) is 0 Å². The van der Waals surface area contributed by atoms with Crippen molar-refractivity contribution in [3.05, 3.63) is 23.4 Å². The fraction of sp³-hybridized carbons (Fsp3) is 0.545. The van der Waals surface area contributed by atoms with Crippen molar-refractivity contribution in [3.63, 3.8) is 0 Å². The Morgan fingerprint density at radius 2 is 1.75 bits per heavy atom. The number of nitrogens with zero attached hydrogens (tertiary/aromatic N) is 1. The topological polar surface area (TPSA) is 12.4 Å². The van der Waals surface area contributed by atoms with E-state index in [9.17, 15) is 0 Å². The molecule has 0 aromatic rings. The smallest absolute Gasteiger partial charge is 0.0401 e. The van der Waals surface area contributed by atoms with Crippen molar-refractivity contribution in [2.75, 3.05) is 0 Å². The maximum Gasteiger partial charge on any atom is 0.0401 e. The van der Waals surface area contributed by atoms with E-state index in [1.165, 1.54) is 11.3 Å². The summed E-state index contributed by atoms with van der Waals surface area (Å²) in [6.45, 7) is 10.6. The van der Waals surface area contributed by atoms with Gasteiger partial charge in [0.15, 0.2) is 0 Å². The molecular weight excluding hydrogens is 146 g/mol. The molecule has 0 bridgehead atoms. The van der Waals surface area contributed by atoms with E-state index in [-0.39, 0.29) is 5.41 Å². The Morgan fingerprint density at radius 3 is 2.33 bits per heavy atom. The van der Waals surface area contributed by atoms with Gasteiger partial charge in [-0.05, 0) is 26.3 Å². The van der Waals surface area contributed by atoms with Crippen LogP contribution in [0.25, 0.3) is 0 Å². The van der Waals surface area contributed by atoms with E-state index >= 15 is 0 Å². The van der Waals surface area contributed by atoms with Crippen LogP contribution in [-0.4, -0.2) is 5.71 Å². The van der Waals surface area contributed by atoms with Gasteiger partial charge in [-0.15, -0.1) is 0 Å². The molecule has 1 aliphatic heterocycles. The first kappa shape index (κ1) is 9.24. The first-order valence-electron chi connectivity index (χ1n) is 4.36. The molecular formula is C11H17N. The highest BCUT2D eigenvalue weighted by Crippen LogP contribution is 2.25. The Balaban J connectivity index is 3.16. The highest BCUT2D eigenvalue weighted by Gasteiger charge is 2.19. The van der Waals surface area contributed by atoms with Crippen molar-refractivity contribution in [2.45, 2.75) is 34.6 Å². The van der Waals surface area contributed by atoms with Crippen LogP contribution in [0.2, 0.25) is 0 Å². The van der Waals surface area contributed by atoms with Crippen molar-refractivity contribution >= 4 is 5.71 Å². The molecule has 1 heteroatoms. The zero-order chi connectivity index (χ0) is 9.35. The van der Waals surface area contributed by atoms with Gasteiger partial charge < -0.3 is 0 Å². The van der Waals surface area contributed by atoms with Crippen molar-refractivity contribution in [3.8, 4) is 0 Å². The van der Waals surface area contributed by atoms with Gasteiger partial charge in [-0.1, -0.05) is 26.0 Å². The lowest BCUT2D eigenvalue weighted by Crippen LogP contribution is -2.17. The van der Waals surface area contributed by atoms with Crippen LogP contribution in [0.1, 0.15) is 34.6 Å². The Hall–Kier alpha value is -0.850. The first-order chi connectivity index (χ1) is 5.43. The number of rotatable bonds is 0. The third-order valence-corrected chi connectivity index (χ3v) is 2.59. The second kappa shape index (κ2) is 2.89. The summed E-state index contributed by atoms with van der Waals surface area (Å²) in [5.74, 6) is 0. The lowest BCUT2D eigenvalue weighted by molar-refractivity contribution is 0.673. The van der Waals surface area contributed by atoms with Crippen LogP contribution in [0, 0.1) is 5.41 Å². The highest BCUT2D eigenvalue weighted by atomic mass is 14.8. The van der Waals surface area contributed by atoms with Crippen LogP contribution >= 0.6 is 0 Å². The minimum absolute atomic E-state index is 0.110. The Bertz CT molecular complexity index is 277. The van der Waals surface area contributed by atoms with Gasteiger partial charge in [-0.2, -0.15) is 0 Å². The molecule has 1 heterocycles. The van der Waals surface area contributed by atoms with Gasteiger partial charge in [0.2, 0.25) is 0 Å². The quantitative estimate of drug-likeness (QED) is 0.519. The van der Waals surface area contributed by atoms with Crippen molar-refractivity contribution in [1.29, 1.82) is 0 Å². The molecule has 0 saturated carbocycles. The maximum absolute atomic E-state index is 4.54. The van der Waals surface area contributed by atoms with E-state index in [0.717, 1.165) is 5.70 Å². The number of allylic oxidation sites excluding steroid dienone is 4. The predicted octanol–water partition coefficient (Wildman–Crippen LogP) is 3.34. The van der Waals surface area contributed by atoms with Crippen LogP contribution < -0.4 is 0 Å². The van der Waals surface area contributed by atoms with Crippen LogP contribution in [0.4, 0.5) is 0 Å². The van der Waals surface area contributed by atoms with E-state index in [4.69, 9.17) is 0 Å². The molecule has 0 amide bonds. The van der Waals surface area contributed by atoms with Crippen LogP contribution in [0.3, 0.4) is 0 Å². The number of hydrogen-bond donors (Lipinski definition) is 0. The van der Waals surface area contributed by atoms with Gasteiger partial charge in [0.25, 0.3) is 0 Å². The normalized spacial score (nSPS) is 22.2. The first-order valence-corrected chi connectivity index (χ1v) is 4.36. The Kier molecular flexibility index (Phi) is 2.22. The van der Waals surface area contributed by atoms with Gasteiger partial charge >= 0.3 is 0 Å². The minimum atomic E-state index is 0.110. The van der Waals surface area contributed by atoms with Crippen LogP contribution in [0.15, 0.2) is 28.4 Å². The third-order valence-electron chi connectivity index (χ3n) is 2.59. The lowest BCUT2D eigenvalue weighted by atomic mass is 9.88. The minimum Gasteiger partial charge on any atom is -0.262 e. The van der Waals surface area contributed by atoms with Crippen molar-refractivity contribution < 1.29 is 0 Å². The Morgan fingerprint density at radius 1 is 1.17 bits per heavy atom. The molecule has 0 unspecified atom stereocenters. The monoisotopic (exact) mass is 163 g/mol. The number of hydrogen-bond acceptors (Lipinski definition) is 1. The molecule has 0 radical (unpaired) electrons. The van der Waals surface area contributed by atoms with Gasteiger partial charge in [0.1, 0.15) is 0 Å². The van der Waals surface area contributed by atoms with E-state index in [1.54, 1.807) is 0 Å². The zero-order valence-electron chi connectivity index (χ0n) is 8.60. The molecule has 12 heavy (non-hydrogen) atoms. The van der Waals surface area contributed by atoms with Gasteiger partial charge in [-0.25, -0.2) is 0 Å². The summed E-state index contributed by atoms with van der Waals surface area (Å²) in [6, 6.07) is 0. The summed E-state index contributed by atoms with van der Waals surface area (Å²) >= 11 is 0. The molecule has 0 aliphatic carbocycles. The zero-order valence-corrected chi connectivity index (χ0v) is 8.60. The summed E-state index contributed by atoms with van der Waals surface area (Å²) in [7, 11) is 0. The average molecular weight is 163 g/mol. The van der Waals surface area contributed by atoms with E-state index in [0.29, 0.717) is 0 Å². The van der Waals surface area contributed by atoms with Gasteiger partial charge in [-0.3, -0.25) is 4.99 Å². The largest absolute Gasteiger partial charge is 0.262 e. The van der Waals surface area contributed by atoms with E-state index in [1.807, 2.05) is 0 Å². The molecule has 0 aromatic heterocycles. The van der Waals surface area contributed by atoms with Crippen molar-refractivity contribution in [2.24, 2.45) is 10.4 Å². The highest BCUT2D eigenvalue weighted by molar-refractivity contribution is 5.90. The third kappa shape index (κ3) is 1.66. The fourth-order valence-corrected chi connectivity index (χ4v) is 1.06. The van der Waals surface area contributed by atoms with E-state index < -0.39 is 0 Å².